The highest BCUT2D eigenvalue weighted by molar-refractivity contribution is 5.90. The molecule has 0 N–H and O–H groups in total. The highest BCUT2D eigenvalue weighted by atomic mass is 16.7. The normalized spacial score (nSPS) is 17.5. The Bertz CT molecular complexity index is 2610. The first-order chi connectivity index (χ1) is 33.1. The Kier molecular flexibility index (Phi) is 19.8. The monoisotopic (exact) mass is 974 g/mol. The highest BCUT2D eigenvalue weighted by Crippen LogP contribution is 2.34. The number of esters is 10. The van der Waals surface area contributed by atoms with Crippen LogP contribution in [-0.4, -0.2) is 104 Å². The van der Waals surface area contributed by atoms with Gasteiger partial charge in [-0.2, -0.15) is 0 Å². The molecule has 22 nitrogen and oxygen atoms in total. The molecular formula is C48H46O22. The minimum absolute atomic E-state index is 0.0880. The average molecular weight is 975 g/mol. The Morgan fingerprint density at radius 2 is 0.743 bits per heavy atom. The Labute approximate surface area is 398 Å². The summed E-state index contributed by atoms with van der Waals surface area (Å²) in [6.07, 6.45) is -1.94. The minimum atomic E-state index is -1.81. The molecule has 1 saturated heterocycles. The number of rotatable bonds is 18. The van der Waals surface area contributed by atoms with Crippen LogP contribution in [0.5, 0.6) is 34.5 Å². The zero-order valence-corrected chi connectivity index (χ0v) is 38.7. The SMILES string of the molecule is CO[C@H]1O[C@H](COC(C)=O)[C@@H](OC(=O)/C=C/c2ccc(OC(C)=O)c(OC(C)=O)c2)[C@H](OC(=O)/C=C/c2ccc(OC(C)=O)c(OC(C)=O)c2)[C@H]1OC(=O)/C=C/c1ccc(OC(C)=O)c(OC(C)=O)c1. The molecule has 1 fully saturated rings. The number of carbonyl (C=O) groups is 10. The Hall–Kier alpha value is -8.50. The van der Waals surface area contributed by atoms with E-state index in [2.05, 4.69) is 0 Å². The first kappa shape index (κ1) is 54.1. The van der Waals surface area contributed by atoms with Gasteiger partial charge in [-0.15, -0.1) is 0 Å². The lowest BCUT2D eigenvalue weighted by Crippen LogP contribution is -2.62. The lowest BCUT2D eigenvalue weighted by atomic mass is 9.98. The summed E-state index contributed by atoms with van der Waals surface area (Å²) in [4.78, 5) is 123. The molecule has 370 valence electrons. The fraction of sp³-hybridized carbons (Fsp3) is 0.292. The summed E-state index contributed by atoms with van der Waals surface area (Å²) in [5.41, 5.74) is 0.722. The molecule has 1 aliphatic rings. The van der Waals surface area contributed by atoms with Crippen molar-refractivity contribution in [3.63, 3.8) is 0 Å². The van der Waals surface area contributed by atoms with Crippen molar-refractivity contribution >= 4 is 77.9 Å². The van der Waals surface area contributed by atoms with Crippen molar-refractivity contribution < 1.29 is 105 Å². The van der Waals surface area contributed by atoms with Gasteiger partial charge in [0, 0.05) is 73.8 Å². The zero-order valence-electron chi connectivity index (χ0n) is 38.7. The van der Waals surface area contributed by atoms with Crippen LogP contribution in [0.4, 0.5) is 0 Å². The highest BCUT2D eigenvalue weighted by Gasteiger charge is 2.53. The predicted molar refractivity (Wildman–Crippen MR) is 236 cm³/mol. The maximum atomic E-state index is 13.7. The molecule has 3 aromatic rings. The molecule has 0 aromatic heterocycles. The third-order valence-electron chi connectivity index (χ3n) is 8.69. The summed E-state index contributed by atoms with van der Waals surface area (Å²) in [5.74, 6) is -9.25. The maximum absolute atomic E-state index is 13.7. The lowest BCUT2D eigenvalue weighted by molar-refractivity contribution is -0.301. The molecule has 22 heteroatoms. The van der Waals surface area contributed by atoms with E-state index >= 15 is 0 Å². The number of methoxy groups -OCH3 is 1. The van der Waals surface area contributed by atoms with Crippen LogP contribution in [0.25, 0.3) is 18.2 Å². The number of hydrogen-bond acceptors (Lipinski definition) is 22. The quantitative estimate of drug-likeness (QED) is 0.0741. The second kappa shape index (κ2) is 25.6. The van der Waals surface area contributed by atoms with Crippen molar-refractivity contribution in [3.8, 4) is 34.5 Å². The van der Waals surface area contributed by atoms with Gasteiger partial charge in [0.1, 0.15) is 12.7 Å². The molecule has 0 radical (unpaired) electrons. The van der Waals surface area contributed by atoms with Gasteiger partial charge in [-0.1, -0.05) is 18.2 Å². The maximum Gasteiger partial charge on any atom is 0.331 e. The summed E-state index contributed by atoms with van der Waals surface area (Å²) >= 11 is 0. The van der Waals surface area contributed by atoms with E-state index in [1.807, 2.05) is 0 Å². The Balaban J connectivity index is 1.75. The van der Waals surface area contributed by atoms with Gasteiger partial charge in [0.2, 0.25) is 0 Å². The summed E-state index contributed by atoms with van der Waals surface area (Å²) in [6.45, 7) is 7.22. The van der Waals surface area contributed by atoms with E-state index in [4.69, 9.17) is 56.8 Å². The van der Waals surface area contributed by atoms with Crippen molar-refractivity contribution in [1.82, 2.24) is 0 Å². The summed E-state index contributed by atoms with van der Waals surface area (Å²) < 4.78 is 64.8. The Morgan fingerprint density at radius 3 is 1.06 bits per heavy atom. The average Bonchev–Trinajstić information content (AvgIpc) is 3.26. The third-order valence-corrected chi connectivity index (χ3v) is 8.69. The number of benzene rings is 3. The van der Waals surface area contributed by atoms with Crippen molar-refractivity contribution in [2.75, 3.05) is 13.7 Å². The van der Waals surface area contributed by atoms with E-state index in [0.29, 0.717) is 0 Å². The molecule has 0 aliphatic carbocycles. The number of carbonyl (C=O) groups excluding carboxylic acids is 10. The molecule has 0 bridgehead atoms. The molecule has 0 spiro atoms. The van der Waals surface area contributed by atoms with Crippen LogP contribution in [0.3, 0.4) is 0 Å². The van der Waals surface area contributed by atoms with Crippen LogP contribution in [0.15, 0.2) is 72.8 Å². The van der Waals surface area contributed by atoms with Gasteiger partial charge in [-0.05, 0) is 71.3 Å². The molecule has 1 aliphatic heterocycles. The van der Waals surface area contributed by atoms with Crippen LogP contribution >= 0.6 is 0 Å². The smallest absolute Gasteiger partial charge is 0.331 e. The van der Waals surface area contributed by atoms with Crippen molar-refractivity contribution in [1.29, 1.82) is 0 Å². The van der Waals surface area contributed by atoms with Gasteiger partial charge in [0.15, 0.2) is 59.1 Å². The lowest BCUT2D eigenvalue weighted by Gasteiger charge is -2.43. The third kappa shape index (κ3) is 17.3. The van der Waals surface area contributed by atoms with Gasteiger partial charge in [-0.3, -0.25) is 33.6 Å². The largest absolute Gasteiger partial charge is 0.463 e. The first-order valence-electron chi connectivity index (χ1n) is 20.6. The number of ether oxygens (including phenoxy) is 12. The molecule has 70 heavy (non-hydrogen) atoms. The fourth-order valence-corrected chi connectivity index (χ4v) is 6.12. The van der Waals surface area contributed by atoms with Crippen LogP contribution < -0.4 is 28.4 Å². The summed E-state index contributed by atoms with van der Waals surface area (Å²) in [5, 5.41) is 0. The van der Waals surface area contributed by atoms with Gasteiger partial charge >= 0.3 is 59.7 Å². The molecule has 5 atom stereocenters. The van der Waals surface area contributed by atoms with Crippen LogP contribution in [0.1, 0.15) is 65.2 Å². The molecule has 4 rings (SSSR count). The zero-order chi connectivity index (χ0) is 51.7. The van der Waals surface area contributed by atoms with E-state index in [1.54, 1.807) is 0 Å². The van der Waals surface area contributed by atoms with E-state index in [1.165, 1.54) is 72.8 Å². The standard InChI is InChI=1S/C48H46O22/c1-25(49)60-24-41-45(68-42(56)18-12-32-9-15-35(61-26(2)50)38(21-32)64-29(5)53)46(69-43(57)19-13-33-10-16-36(62-27(3)51)39(22-33)65-30(6)54)47(48(59-8)67-41)70-44(58)20-14-34-11-17-37(63-28(4)52)40(23-34)66-31(7)55/h9-23,41,45-48H,24H2,1-8H3/b18-12+,19-13+,20-14+/t41-,45-,46+,47-,48+/m1/s1. The van der Waals surface area contributed by atoms with Crippen LogP contribution in [-0.2, 0) is 76.4 Å². The van der Waals surface area contributed by atoms with Gasteiger partial charge in [0.05, 0.1) is 0 Å². The van der Waals surface area contributed by atoms with Crippen molar-refractivity contribution in [2.24, 2.45) is 0 Å². The molecular weight excluding hydrogens is 929 g/mol. The predicted octanol–water partition coefficient (Wildman–Crippen LogP) is 4.35. The van der Waals surface area contributed by atoms with Crippen LogP contribution in [0.2, 0.25) is 0 Å². The topological polar surface area (TPSA) is 281 Å². The van der Waals surface area contributed by atoms with Gasteiger partial charge in [0.25, 0.3) is 0 Å². The summed E-state index contributed by atoms with van der Waals surface area (Å²) in [6, 6.07) is 12.0. The van der Waals surface area contributed by atoms with Gasteiger partial charge in [-0.25, -0.2) is 14.4 Å². The minimum Gasteiger partial charge on any atom is -0.463 e. The molecule has 1 heterocycles. The molecule has 0 saturated carbocycles. The molecule has 0 unspecified atom stereocenters. The van der Waals surface area contributed by atoms with E-state index in [0.717, 1.165) is 73.8 Å². The van der Waals surface area contributed by atoms with E-state index in [-0.39, 0.29) is 51.2 Å². The Morgan fingerprint density at radius 1 is 0.429 bits per heavy atom. The summed E-state index contributed by atoms with van der Waals surface area (Å²) in [7, 11) is 1.15. The van der Waals surface area contributed by atoms with E-state index in [9.17, 15) is 47.9 Å². The second-order valence-corrected chi connectivity index (χ2v) is 14.5. The van der Waals surface area contributed by atoms with Crippen LogP contribution in [0, 0.1) is 0 Å². The second-order valence-electron chi connectivity index (χ2n) is 14.5. The fourth-order valence-electron chi connectivity index (χ4n) is 6.12. The molecule has 0 amide bonds. The number of hydrogen-bond donors (Lipinski definition) is 0. The van der Waals surface area contributed by atoms with Crippen molar-refractivity contribution in [3.05, 3.63) is 89.5 Å². The molecule has 3 aromatic carbocycles. The first-order valence-corrected chi connectivity index (χ1v) is 20.6. The van der Waals surface area contributed by atoms with E-state index < -0.39 is 97.0 Å². The van der Waals surface area contributed by atoms with Crippen molar-refractivity contribution in [2.45, 2.75) is 79.2 Å². The van der Waals surface area contributed by atoms with Gasteiger partial charge < -0.3 is 56.8 Å².